The van der Waals surface area contributed by atoms with Crippen molar-refractivity contribution in [3.05, 3.63) is 57.5 Å². The average molecular weight is 461 g/mol. The van der Waals surface area contributed by atoms with Crippen molar-refractivity contribution in [2.45, 2.75) is 13.0 Å². The number of carbonyl (C=O) groups excluding carboxylic acids is 1. The smallest absolute Gasteiger partial charge is 0.231 e. The SMILES string of the molecule is COc1ccc(CNC(=O)Cc2csc(-c3ccc4c(c3)OCO4)n2)cc1Br. The minimum atomic E-state index is -0.0746. The molecule has 0 atom stereocenters. The Morgan fingerprint density at radius 1 is 1.25 bits per heavy atom. The summed E-state index contributed by atoms with van der Waals surface area (Å²) in [5.41, 5.74) is 2.68. The van der Waals surface area contributed by atoms with E-state index in [9.17, 15) is 4.79 Å². The highest BCUT2D eigenvalue weighted by Gasteiger charge is 2.16. The van der Waals surface area contributed by atoms with Crippen LogP contribution in [0, 0.1) is 0 Å². The second kappa shape index (κ2) is 8.20. The maximum Gasteiger partial charge on any atom is 0.231 e. The number of fused-ring (bicyclic) bond motifs is 1. The van der Waals surface area contributed by atoms with Gasteiger partial charge in [-0.25, -0.2) is 4.98 Å². The number of hydrogen-bond acceptors (Lipinski definition) is 6. The summed E-state index contributed by atoms with van der Waals surface area (Å²) in [4.78, 5) is 16.8. The van der Waals surface area contributed by atoms with Crippen molar-refractivity contribution in [1.29, 1.82) is 0 Å². The average Bonchev–Trinajstić information content (AvgIpc) is 3.35. The zero-order chi connectivity index (χ0) is 19.5. The molecule has 0 aliphatic carbocycles. The molecule has 1 aromatic heterocycles. The Morgan fingerprint density at radius 3 is 2.93 bits per heavy atom. The third-order valence-electron chi connectivity index (χ3n) is 4.22. The van der Waals surface area contributed by atoms with E-state index in [1.807, 2.05) is 41.8 Å². The number of nitrogens with zero attached hydrogens (tertiary/aromatic N) is 1. The molecule has 6 nitrogen and oxygen atoms in total. The van der Waals surface area contributed by atoms with Crippen molar-refractivity contribution in [2.24, 2.45) is 0 Å². The molecule has 0 fully saturated rings. The molecule has 28 heavy (non-hydrogen) atoms. The number of amides is 1. The van der Waals surface area contributed by atoms with Gasteiger partial charge in [0.1, 0.15) is 10.8 Å². The molecule has 0 radical (unpaired) electrons. The van der Waals surface area contributed by atoms with Gasteiger partial charge in [-0.05, 0) is 51.8 Å². The van der Waals surface area contributed by atoms with Gasteiger partial charge < -0.3 is 19.5 Å². The van der Waals surface area contributed by atoms with Gasteiger partial charge in [0.05, 0.1) is 23.7 Å². The number of methoxy groups -OCH3 is 1. The molecule has 0 saturated carbocycles. The molecule has 1 N–H and O–H groups in total. The third kappa shape index (κ3) is 4.13. The van der Waals surface area contributed by atoms with Crippen LogP contribution in [0.1, 0.15) is 11.3 Å². The molecule has 2 aromatic carbocycles. The summed E-state index contributed by atoms with van der Waals surface area (Å²) in [6, 6.07) is 11.4. The topological polar surface area (TPSA) is 69.7 Å². The van der Waals surface area contributed by atoms with Crippen molar-refractivity contribution >= 4 is 33.2 Å². The molecule has 0 spiro atoms. The predicted molar refractivity (Wildman–Crippen MR) is 110 cm³/mol. The zero-order valence-corrected chi connectivity index (χ0v) is 17.4. The Balaban J connectivity index is 1.36. The van der Waals surface area contributed by atoms with Crippen LogP contribution in [0.25, 0.3) is 10.6 Å². The third-order valence-corrected chi connectivity index (χ3v) is 5.78. The molecule has 0 unspecified atom stereocenters. The Hall–Kier alpha value is -2.58. The molecule has 8 heteroatoms. The molecule has 144 valence electrons. The number of ether oxygens (including phenoxy) is 3. The van der Waals surface area contributed by atoms with Crippen LogP contribution >= 0.6 is 27.3 Å². The van der Waals surface area contributed by atoms with E-state index in [2.05, 4.69) is 26.2 Å². The van der Waals surface area contributed by atoms with Crippen molar-refractivity contribution in [3.63, 3.8) is 0 Å². The lowest BCUT2D eigenvalue weighted by Gasteiger charge is -2.07. The first-order valence-corrected chi connectivity index (χ1v) is 10.2. The van der Waals surface area contributed by atoms with Crippen LogP contribution in [-0.4, -0.2) is 24.8 Å². The normalized spacial score (nSPS) is 12.1. The molecular weight excluding hydrogens is 444 g/mol. The number of aromatic nitrogens is 1. The van der Waals surface area contributed by atoms with E-state index in [0.29, 0.717) is 6.54 Å². The molecular formula is C20H17BrN2O4S. The Morgan fingerprint density at radius 2 is 2.11 bits per heavy atom. The second-order valence-corrected chi connectivity index (χ2v) is 7.85. The second-order valence-electron chi connectivity index (χ2n) is 6.13. The fourth-order valence-electron chi connectivity index (χ4n) is 2.80. The van der Waals surface area contributed by atoms with Crippen LogP contribution in [0.5, 0.6) is 17.2 Å². The fourth-order valence-corrected chi connectivity index (χ4v) is 4.20. The lowest BCUT2D eigenvalue weighted by molar-refractivity contribution is -0.120. The van der Waals surface area contributed by atoms with Gasteiger partial charge >= 0.3 is 0 Å². The number of hydrogen-bond donors (Lipinski definition) is 1. The molecule has 1 aliphatic rings. The van der Waals surface area contributed by atoms with E-state index in [4.69, 9.17) is 14.2 Å². The lowest BCUT2D eigenvalue weighted by Crippen LogP contribution is -2.24. The molecule has 2 heterocycles. The number of nitrogens with one attached hydrogen (secondary N) is 1. The molecule has 0 saturated heterocycles. The number of halogens is 1. The maximum absolute atomic E-state index is 12.3. The van der Waals surface area contributed by atoms with Crippen LogP contribution in [0.2, 0.25) is 0 Å². The van der Waals surface area contributed by atoms with E-state index < -0.39 is 0 Å². The summed E-state index contributed by atoms with van der Waals surface area (Å²) < 4.78 is 16.8. The van der Waals surface area contributed by atoms with Crippen molar-refractivity contribution in [3.8, 4) is 27.8 Å². The zero-order valence-electron chi connectivity index (χ0n) is 15.0. The number of rotatable bonds is 6. The number of carbonyl (C=O) groups is 1. The quantitative estimate of drug-likeness (QED) is 0.597. The van der Waals surface area contributed by atoms with Gasteiger partial charge in [0, 0.05) is 17.5 Å². The minimum Gasteiger partial charge on any atom is -0.496 e. The highest BCUT2D eigenvalue weighted by atomic mass is 79.9. The van der Waals surface area contributed by atoms with Crippen molar-refractivity contribution in [2.75, 3.05) is 13.9 Å². The van der Waals surface area contributed by atoms with E-state index >= 15 is 0 Å². The predicted octanol–water partition coefficient (Wildman–Crippen LogP) is 4.17. The lowest BCUT2D eigenvalue weighted by atomic mass is 10.2. The van der Waals surface area contributed by atoms with Crippen molar-refractivity contribution < 1.29 is 19.0 Å². The van der Waals surface area contributed by atoms with Gasteiger partial charge in [-0.3, -0.25) is 4.79 Å². The van der Waals surface area contributed by atoms with Gasteiger partial charge in [0.25, 0.3) is 0 Å². The first-order chi connectivity index (χ1) is 13.6. The van der Waals surface area contributed by atoms with E-state index in [1.165, 1.54) is 11.3 Å². The fraction of sp³-hybridized carbons (Fsp3) is 0.200. The minimum absolute atomic E-state index is 0.0746. The molecule has 4 rings (SSSR count). The first kappa shape index (κ1) is 18.8. The van der Waals surface area contributed by atoms with Crippen LogP contribution in [0.15, 0.2) is 46.3 Å². The van der Waals surface area contributed by atoms with Crippen LogP contribution in [0.3, 0.4) is 0 Å². The van der Waals surface area contributed by atoms with E-state index in [1.54, 1.807) is 7.11 Å². The van der Waals surface area contributed by atoms with Gasteiger partial charge in [-0.1, -0.05) is 6.07 Å². The molecule has 1 amide bonds. The largest absolute Gasteiger partial charge is 0.496 e. The molecule has 1 aliphatic heterocycles. The Bertz CT molecular complexity index is 1020. The van der Waals surface area contributed by atoms with Gasteiger partial charge in [-0.15, -0.1) is 11.3 Å². The Kier molecular flexibility index (Phi) is 5.50. The Labute approximate surface area is 174 Å². The highest BCUT2D eigenvalue weighted by molar-refractivity contribution is 9.10. The monoisotopic (exact) mass is 460 g/mol. The number of benzene rings is 2. The van der Waals surface area contributed by atoms with Crippen LogP contribution < -0.4 is 19.5 Å². The summed E-state index contributed by atoms with van der Waals surface area (Å²) in [7, 11) is 1.62. The van der Waals surface area contributed by atoms with E-state index in [-0.39, 0.29) is 19.1 Å². The summed E-state index contributed by atoms with van der Waals surface area (Å²) >= 11 is 4.95. The van der Waals surface area contributed by atoms with Gasteiger partial charge in [0.2, 0.25) is 12.7 Å². The maximum atomic E-state index is 12.3. The van der Waals surface area contributed by atoms with Gasteiger partial charge in [-0.2, -0.15) is 0 Å². The molecule has 3 aromatic rings. The summed E-state index contributed by atoms with van der Waals surface area (Å²) in [5, 5.41) is 5.68. The number of thiazole rings is 1. The van der Waals surface area contributed by atoms with Gasteiger partial charge in [0.15, 0.2) is 11.5 Å². The van der Waals surface area contributed by atoms with Crippen LogP contribution in [-0.2, 0) is 17.8 Å². The summed E-state index contributed by atoms with van der Waals surface area (Å²) in [6.45, 7) is 0.688. The summed E-state index contributed by atoms with van der Waals surface area (Å²) in [6.07, 6.45) is 0.235. The van der Waals surface area contributed by atoms with Crippen LogP contribution in [0.4, 0.5) is 0 Å². The first-order valence-electron chi connectivity index (χ1n) is 8.56. The van der Waals surface area contributed by atoms with Crippen molar-refractivity contribution in [1.82, 2.24) is 10.3 Å². The highest BCUT2D eigenvalue weighted by Crippen LogP contribution is 2.36. The summed E-state index contributed by atoms with van der Waals surface area (Å²) in [5.74, 6) is 2.14. The van der Waals surface area contributed by atoms with E-state index in [0.717, 1.165) is 43.5 Å². The molecule has 0 bridgehead atoms. The standard InChI is InChI=1S/C20H17BrN2O4S/c1-25-16-4-2-12(6-15(16)21)9-22-19(24)8-14-10-28-20(23-14)13-3-5-17-18(7-13)27-11-26-17/h2-7,10H,8-9,11H2,1H3,(H,22,24).